The van der Waals surface area contributed by atoms with Gasteiger partial charge in [-0.1, -0.05) is 24.3 Å². The number of hydrogen-bond donors (Lipinski definition) is 1. The van der Waals surface area contributed by atoms with Gasteiger partial charge in [0.05, 0.1) is 24.1 Å². The standard InChI is InChI=1S/C22H23N3O2/c26-21(14-15-5-6-20-17(13-15)9-12-27-20)25-10-7-16(8-11-25)22-23-18-3-1-2-4-19(18)24-22/h1-6,13,16H,7-12,14H2,(H,23,24). The van der Waals surface area contributed by atoms with Crippen LogP contribution >= 0.6 is 0 Å². The fourth-order valence-electron chi connectivity index (χ4n) is 4.20. The molecule has 1 fully saturated rings. The molecule has 2 aliphatic rings. The fraction of sp³-hybridized carbons (Fsp3) is 0.364. The number of benzene rings is 2. The lowest BCUT2D eigenvalue weighted by Crippen LogP contribution is -2.39. The van der Waals surface area contributed by atoms with Gasteiger partial charge in [-0.3, -0.25) is 4.79 Å². The molecule has 5 rings (SSSR count). The van der Waals surface area contributed by atoms with Crippen molar-refractivity contribution in [2.24, 2.45) is 0 Å². The van der Waals surface area contributed by atoms with E-state index in [2.05, 4.69) is 17.1 Å². The molecule has 0 aliphatic carbocycles. The number of imidazole rings is 1. The molecule has 0 atom stereocenters. The molecule has 27 heavy (non-hydrogen) atoms. The van der Waals surface area contributed by atoms with E-state index in [9.17, 15) is 4.79 Å². The van der Waals surface area contributed by atoms with Crippen LogP contribution < -0.4 is 4.74 Å². The average molecular weight is 361 g/mol. The summed E-state index contributed by atoms with van der Waals surface area (Å²) in [6.45, 7) is 2.35. The Labute approximate surface area is 158 Å². The summed E-state index contributed by atoms with van der Waals surface area (Å²) in [4.78, 5) is 22.9. The number of para-hydroxylation sites is 2. The lowest BCUT2D eigenvalue weighted by molar-refractivity contribution is -0.131. The zero-order valence-corrected chi connectivity index (χ0v) is 15.3. The number of piperidine rings is 1. The molecule has 0 unspecified atom stereocenters. The molecule has 5 nitrogen and oxygen atoms in total. The maximum absolute atomic E-state index is 12.7. The zero-order valence-electron chi connectivity index (χ0n) is 15.3. The largest absolute Gasteiger partial charge is 0.493 e. The quantitative estimate of drug-likeness (QED) is 0.777. The number of carbonyl (C=O) groups is 1. The van der Waals surface area contributed by atoms with Gasteiger partial charge in [0.25, 0.3) is 0 Å². The molecule has 2 aliphatic heterocycles. The van der Waals surface area contributed by atoms with Gasteiger partial charge in [-0.2, -0.15) is 0 Å². The molecule has 2 aromatic carbocycles. The number of aromatic amines is 1. The SMILES string of the molecule is O=C(Cc1ccc2c(c1)CCO2)N1CCC(c2nc3ccccc3[nH]2)CC1. The lowest BCUT2D eigenvalue weighted by atomic mass is 9.95. The van der Waals surface area contributed by atoms with E-state index >= 15 is 0 Å². The Kier molecular flexibility index (Phi) is 4.07. The number of carbonyl (C=O) groups excluding carboxylic acids is 1. The van der Waals surface area contributed by atoms with Gasteiger partial charge >= 0.3 is 0 Å². The van der Waals surface area contributed by atoms with Crippen LogP contribution in [0.2, 0.25) is 0 Å². The number of H-pyrrole nitrogens is 1. The van der Waals surface area contributed by atoms with Crippen LogP contribution in [0, 0.1) is 0 Å². The summed E-state index contributed by atoms with van der Waals surface area (Å²) in [6, 6.07) is 14.3. The maximum Gasteiger partial charge on any atom is 0.226 e. The Morgan fingerprint density at radius 2 is 2.04 bits per heavy atom. The minimum Gasteiger partial charge on any atom is -0.493 e. The predicted molar refractivity (Wildman–Crippen MR) is 104 cm³/mol. The Bertz CT molecular complexity index is 953. The van der Waals surface area contributed by atoms with Crippen LogP contribution in [0.5, 0.6) is 5.75 Å². The first kappa shape index (κ1) is 16.4. The molecular weight excluding hydrogens is 338 g/mol. The van der Waals surface area contributed by atoms with Crippen molar-refractivity contribution < 1.29 is 9.53 Å². The monoisotopic (exact) mass is 361 g/mol. The topological polar surface area (TPSA) is 58.2 Å². The van der Waals surface area contributed by atoms with Gasteiger partial charge in [0.1, 0.15) is 11.6 Å². The fourth-order valence-corrected chi connectivity index (χ4v) is 4.20. The Balaban J connectivity index is 1.21. The van der Waals surface area contributed by atoms with Crippen molar-refractivity contribution in [2.45, 2.75) is 31.6 Å². The van der Waals surface area contributed by atoms with E-state index in [1.807, 2.05) is 35.2 Å². The molecule has 1 aromatic heterocycles. The van der Waals surface area contributed by atoms with Crippen LogP contribution in [0.4, 0.5) is 0 Å². The summed E-state index contributed by atoms with van der Waals surface area (Å²) < 4.78 is 5.55. The highest BCUT2D eigenvalue weighted by molar-refractivity contribution is 5.79. The first-order chi connectivity index (χ1) is 13.3. The summed E-state index contributed by atoms with van der Waals surface area (Å²) in [5, 5.41) is 0. The molecule has 3 heterocycles. The number of likely N-dealkylation sites (tertiary alicyclic amines) is 1. The molecule has 1 N–H and O–H groups in total. The smallest absolute Gasteiger partial charge is 0.226 e. The number of hydrogen-bond acceptors (Lipinski definition) is 3. The third-order valence-electron chi connectivity index (χ3n) is 5.75. The Morgan fingerprint density at radius 3 is 2.89 bits per heavy atom. The van der Waals surface area contributed by atoms with E-state index in [1.165, 1.54) is 5.56 Å². The highest BCUT2D eigenvalue weighted by Gasteiger charge is 2.26. The summed E-state index contributed by atoms with van der Waals surface area (Å²) in [7, 11) is 0. The van der Waals surface area contributed by atoms with Crippen molar-refractivity contribution >= 4 is 16.9 Å². The third-order valence-corrected chi connectivity index (χ3v) is 5.75. The maximum atomic E-state index is 12.7. The predicted octanol–water partition coefficient (Wildman–Crippen LogP) is 3.45. The van der Waals surface area contributed by atoms with Crippen LogP contribution in [0.1, 0.15) is 35.7 Å². The number of aromatic nitrogens is 2. The number of fused-ring (bicyclic) bond motifs is 2. The van der Waals surface area contributed by atoms with Gasteiger partial charge < -0.3 is 14.6 Å². The normalized spacial score (nSPS) is 17.1. The molecule has 1 amide bonds. The zero-order chi connectivity index (χ0) is 18.2. The summed E-state index contributed by atoms with van der Waals surface area (Å²) in [5.74, 6) is 2.65. The van der Waals surface area contributed by atoms with Crippen LogP contribution in [0.15, 0.2) is 42.5 Å². The molecule has 0 spiro atoms. The first-order valence-electron chi connectivity index (χ1n) is 9.73. The minimum absolute atomic E-state index is 0.219. The first-order valence-corrected chi connectivity index (χ1v) is 9.73. The second kappa shape index (κ2) is 6.72. The highest BCUT2D eigenvalue weighted by Crippen LogP contribution is 2.29. The van der Waals surface area contributed by atoms with E-state index in [0.717, 1.165) is 67.1 Å². The van der Waals surface area contributed by atoms with E-state index < -0.39 is 0 Å². The number of rotatable bonds is 3. The molecule has 0 radical (unpaired) electrons. The van der Waals surface area contributed by atoms with Gasteiger partial charge in [0, 0.05) is 25.4 Å². The average Bonchev–Trinajstić information content (AvgIpc) is 3.34. The summed E-state index contributed by atoms with van der Waals surface area (Å²) >= 11 is 0. The van der Waals surface area contributed by atoms with E-state index in [-0.39, 0.29) is 5.91 Å². The third kappa shape index (κ3) is 3.18. The number of nitrogens with zero attached hydrogens (tertiary/aromatic N) is 2. The van der Waals surface area contributed by atoms with Gasteiger partial charge in [0.2, 0.25) is 5.91 Å². The summed E-state index contributed by atoms with van der Waals surface area (Å²) in [6.07, 6.45) is 3.34. The van der Waals surface area contributed by atoms with Crippen molar-refractivity contribution in [1.29, 1.82) is 0 Å². The number of amides is 1. The molecule has 0 saturated carbocycles. The van der Waals surface area contributed by atoms with Crippen molar-refractivity contribution in [3.63, 3.8) is 0 Å². The lowest BCUT2D eigenvalue weighted by Gasteiger charge is -2.31. The molecule has 3 aromatic rings. The van der Waals surface area contributed by atoms with Crippen LogP contribution in [0.3, 0.4) is 0 Å². The van der Waals surface area contributed by atoms with E-state index in [0.29, 0.717) is 12.3 Å². The summed E-state index contributed by atoms with van der Waals surface area (Å²) in [5.41, 5.74) is 4.42. The van der Waals surface area contributed by atoms with E-state index in [4.69, 9.17) is 9.72 Å². The van der Waals surface area contributed by atoms with Crippen molar-refractivity contribution in [3.8, 4) is 5.75 Å². The molecule has 138 valence electrons. The van der Waals surface area contributed by atoms with Gasteiger partial charge in [-0.15, -0.1) is 0 Å². The van der Waals surface area contributed by atoms with Crippen molar-refractivity contribution in [3.05, 3.63) is 59.4 Å². The van der Waals surface area contributed by atoms with Gasteiger partial charge in [-0.25, -0.2) is 4.98 Å². The molecule has 0 bridgehead atoms. The minimum atomic E-state index is 0.219. The second-order valence-electron chi connectivity index (χ2n) is 7.51. The second-order valence-corrected chi connectivity index (χ2v) is 7.51. The highest BCUT2D eigenvalue weighted by atomic mass is 16.5. The van der Waals surface area contributed by atoms with Crippen molar-refractivity contribution in [2.75, 3.05) is 19.7 Å². The van der Waals surface area contributed by atoms with Crippen LogP contribution in [-0.2, 0) is 17.6 Å². The van der Waals surface area contributed by atoms with Gasteiger partial charge in [0.15, 0.2) is 0 Å². The van der Waals surface area contributed by atoms with Crippen molar-refractivity contribution in [1.82, 2.24) is 14.9 Å². The molecule has 5 heteroatoms. The Morgan fingerprint density at radius 1 is 1.19 bits per heavy atom. The molecule has 1 saturated heterocycles. The number of ether oxygens (including phenoxy) is 1. The molecular formula is C22H23N3O2. The van der Waals surface area contributed by atoms with Crippen LogP contribution in [0.25, 0.3) is 11.0 Å². The van der Waals surface area contributed by atoms with E-state index in [1.54, 1.807) is 0 Å². The number of nitrogens with one attached hydrogen (secondary N) is 1. The van der Waals surface area contributed by atoms with Gasteiger partial charge in [-0.05, 0) is 42.2 Å². The Hall–Kier alpha value is -2.82. The van der Waals surface area contributed by atoms with Crippen LogP contribution in [-0.4, -0.2) is 40.5 Å².